The zero-order valence-corrected chi connectivity index (χ0v) is 12.3. The summed E-state index contributed by atoms with van der Waals surface area (Å²) < 4.78 is 0. The van der Waals surface area contributed by atoms with Crippen molar-refractivity contribution < 1.29 is 19.5 Å². The highest BCUT2D eigenvalue weighted by Gasteiger charge is 2.15. The molecule has 0 saturated carbocycles. The highest BCUT2D eigenvalue weighted by Crippen LogP contribution is 2.14. The first-order valence-electron chi connectivity index (χ1n) is 6.28. The molecule has 6 nitrogen and oxygen atoms in total. The van der Waals surface area contributed by atoms with E-state index in [9.17, 15) is 14.4 Å². The minimum absolute atomic E-state index is 0.125. The van der Waals surface area contributed by atoms with Gasteiger partial charge in [-0.3, -0.25) is 14.4 Å². The van der Waals surface area contributed by atoms with E-state index in [-0.39, 0.29) is 24.8 Å². The van der Waals surface area contributed by atoms with Crippen LogP contribution in [0.4, 0.5) is 0 Å². The van der Waals surface area contributed by atoms with Crippen molar-refractivity contribution in [2.75, 3.05) is 6.54 Å². The maximum atomic E-state index is 11.7. The Morgan fingerprint density at radius 2 is 2.05 bits per heavy atom. The number of carbonyl (C=O) groups is 3. The second-order valence-electron chi connectivity index (χ2n) is 4.36. The number of hydrogen-bond donors (Lipinski definition) is 3. The molecule has 0 aliphatic heterocycles. The van der Waals surface area contributed by atoms with Gasteiger partial charge in [-0.05, 0) is 25.5 Å². The zero-order chi connectivity index (χ0) is 15.1. The number of thiophene rings is 1. The van der Waals surface area contributed by atoms with Gasteiger partial charge in [-0.1, -0.05) is 6.92 Å². The van der Waals surface area contributed by atoms with E-state index < -0.39 is 12.0 Å². The molecular formula is C13H18N2O4S. The van der Waals surface area contributed by atoms with Gasteiger partial charge in [0.1, 0.15) is 0 Å². The smallest absolute Gasteiger partial charge is 0.305 e. The SMILES string of the molecule is CCC(CC(=O)O)NC(=O)CNC(=O)c1ccc(C)s1. The molecule has 110 valence electrons. The van der Waals surface area contributed by atoms with E-state index in [1.165, 1.54) is 11.3 Å². The number of carboxylic acid groups (broad SMARTS) is 1. The summed E-state index contributed by atoms with van der Waals surface area (Å²) in [5.74, 6) is -1.65. The molecule has 0 aliphatic rings. The van der Waals surface area contributed by atoms with Crippen LogP contribution in [-0.2, 0) is 9.59 Å². The first-order valence-corrected chi connectivity index (χ1v) is 7.09. The quantitative estimate of drug-likeness (QED) is 0.704. The number of carboxylic acids is 1. The van der Waals surface area contributed by atoms with Crippen LogP contribution >= 0.6 is 11.3 Å². The number of amides is 2. The molecule has 1 atom stereocenters. The lowest BCUT2D eigenvalue weighted by atomic mass is 10.1. The van der Waals surface area contributed by atoms with E-state index in [1.807, 2.05) is 13.0 Å². The fourth-order valence-corrected chi connectivity index (χ4v) is 2.38. The average Bonchev–Trinajstić information content (AvgIpc) is 2.81. The second kappa shape index (κ2) is 7.64. The predicted molar refractivity (Wildman–Crippen MR) is 75.9 cm³/mol. The van der Waals surface area contributed by atoms with E-state index in [0.29, 0.717) is 11.3 Å². The number of rotatable bonds is 7. The Bertz CT molecular complexity index is 498. The van der Waals surface area contributed by atoms with Crippen LogP contribution in [0, 0.1) is 6.92 Å². The summed E-state index contributed by atoms with van der Waals surface area (Å²) in [7, 11) is 0. The fraction of sp³-hybridized carbons (Fsp3) is 0.462. The molecule has 0 fully saturated rings. The molecule has 20 heavy (non-hydrogen) atoms. The summed E-state index contributed by atoms with van der Waals surface area (Å²) in [4.78, 5) is 35.5. The monoisotopic (exact) mass is 298 g/mol. The molecule has 0 spiro atoms. The highest BCUT2D eigenvalue weighted by molar-refractivity contribution is 7.13. The maximum Gasteiger partial charge on any atom is 0.305 e. The first-order chi connectivity index (χ1) is 9.42. The molecule has 1 aromatic rings. The summed E-state index contributed by atoms with van der Waals surface area (Å²) in [5, 5.41) is 13.8. The molecule has 1 aromatic heterocycles. The Morgan fingerprint density at radius 1 is 1.35 bits per heavy atom. The molecule has 0 aliphatic carbocycles. The molecule has 0 saturated heterocycles. The lowest BCUT2D eigenvalue weighted by Crippen LogP contribution is -2.42. The van der Waals surface area contributed by atoms with Crippen LogP contribution in [0.1, 0.15) is 34.3 Å². The molecule has 1 heterocycles. The second-order valence-corrected chi connectivity index (χ2v) is 5.65. The number of nitrogens with one attached hydrogen (secondary N) is 2. The lowest BCUT2D eigenvalue weighted by molar-refractivity contribution is -0.137. The summed E-state index contributed by atoms with van der Waals surface area (Å²) in [5.41, 5.74) is 0. The Balaban J connectivity index is 2.39. The third-order valence-electron chi connectivity index (χ3n) is 2.65. The van der Waals surface area contributed by atoms with Crippen LogP contribution < -0.4 is 10.6 Å². The zero-order valence-electron chi connectivity index (χ0n) is 11.4. The summed E-state index contributed by atoms with van der Waals surface area (Å²) >= 11 is 1.35. The van der Waals surface area contributed by atoms with Crippen LogP contribution in [-0.4, -0.2) is 35.5 Å². The third kappa shape index (κ3) is 5.40. The molecule has 7 heteroatoms. The van der Waals surface area contributed by atoms with Crippen molar-refractivity contribution >= 4 is 29.1 Å². The standard InChI is InChI=1S/C13H18N2O4S/c1-3-9(6-12(17)18)15-11(16)7-14-13(19)10-5-4-8(2)20-10/h4-5,9H,3,6-7H2,1-2H3,(H,14,19)(H,15,16)(H,17,18). The van der Waals surface area contributed by atoms with Gasteiger partial charge in [0.15, 0.2) is 0 Å². The van der Waals surface area contributed by atoms with Gasteiger partial charge < -0.3 is 15.7 Å². The highest BCUT2D eigenvalue weighted by atomic mass is 32.1. The third-order valence-corrected chi connectivity index (χ3v) is 3.65. The minimum Gasteiger partial charge on any atom is -0.481 e. The van der Waals surface area contributed by atoms with Gasteiger partial charge in [0.2, 0.25) is 5.91 Å². The van der Waals surface area contributed by atoms with Gasteiger partial charge in [-0.15, -0.1) is 11.3 Å². The van der Waals surface area contributed by atoms with Crippen LogP contribution in [0.5, 0.6) is 0 Å². The minimum atomic E-state index is -0.963. The fourth-order valence-electron chi connectivity index (χ4n) is 1.59. The molecule has 3 N–H and O–H groups in total. The van der Waals surface area contributed by atoms with Crippen LogP contribution in [0.15, 0.2) is 12.1 Å². The van der Waals surface area contributed by atoms with Gasteiger partial charge >= 0.3 is 5.97 Å². The Labute approximate surface area is 121 Å². The van der Waals surface area contributed by atoms with E-state index in [0.717, 1.165) is 4.88 Å². The maximum absolute atomic E-state index is 11.7. The molecular weight excluding hydrogens is 280 g/mol. The van der Waals surface area contributed by atoms with E-state index in [4.69, 9.17) is 5.11 Å². The van der Waals surface area contributed by atoms with Crippen molar-refractivity contribution in [1.82, 2.24) is 10.6 Å². The molecule has 0 aromatic carbocycles. The largest absolute Gasteiger partial charge is 0.481 e. The molecule has 1 rings (SSSR count). The predicted octanol–water partition coefficient (Wildman–Crippen LogP) is 1.16. The van der Waals surface area contributed by atoms with Crippen molar-refractivity contribution in [3.05, 3.63) is 21.9 Å². The summed E-state index contributed by atoms with van der Waals surface area (Å²) in [6.45, 7) is 3.53. The summed E-state index contributed by atoms with van der Waals surface area (Å²) in [6.07, 6.45) is 0.399. The van der Waals surface area contributed by atoms with Crippen molar-refractivity contribution in [2.24, 2.45) is 0 Å². The lowest BCUT2D eigenvalue weighted by Gasteiger charge is -2.14. The normalized spacial score (nSPS) is 11.7. The van der Waals surface area contributed by atoms with Crippen molar-refractivity contribution in [1.29, 1.82) is 0 Å². The number of hydrogen-bond acceptors (Lipinski definition) is 4. The number of aryl methyl sites for hydroxylation is 1. The van der Waals surface area contributed by atoms with Crippen molar-refractivity contribution in [2.45, 2.75) is 32.7 Å². The number of aliphatic carboxylic acids is 1. The Hall–Kier alpha value is -1.89. The Morgan fingerprint density at radius 3 is 2.55 bits per heavy atom. The van der Waals surface area contributed by atoms with Gasteiger partial charge in [-0.25, -0.2) is 0 Å². The van der Waals surface area contributed by atoms with Crippen molar-refractivity contribution in [3.63, 3.8) is 0 Å². The first kappa shape index (κ1) is 16.2. The van der Waals surface area contributed by atoms with Crippen LogP contribution in [0.25, 0.3) is 0 Å². The number of carbonyl (C=O) groups excluding carboxylic acids is 2. The van der Waals surface area contributed by atoms with Crippen LogP contribution in [0.3, 0.4) is 0 Å². The average molecular weight is 298 g/mol. The van der Waals surface area contributed by atoms with E-state index in [1.54, 1.807) is 13.0 Å². The van der Waals surface area contributed by atoms with Crippen LogP contribution in [0.2, 0.25) is 0 Å². The van der Waals surface area contributed by atoms with E-state index in [2.05, 4.69) is 10.6 Å². The topological polar surface area (TPSA) is 95.5 Å². The van der Waals surface area contributed by atoms with Gasteiger partial charge in [0.25, 0.3) is 5.91 Å². The molecule has 1 unspecified atom stereocenters. The summed E-state index contributed by atoms with van der Waals surface area (Å²) in [6, 6.07) is 3.12. The van der Waals surface area contributed by atoms with E-state index >= 15 is 0 Å². The van der Waals surface area contributed by atoms with Gasteiger partial charge in [0.05, 0.1) is 17.8 Å². The van der Waals surface area contributed by atoms with Gasteiger partial charge in [0, 0.05) is 10.9 Å². The van der Waals surface area contributed by atoms with Gasteiger partial charge in [-0.2, -0.15) is 0 Å². The van der Waals surface area contributed by atoms with Crippen molar-refractivity contribution in [3.8, 4) is 0 Å². The molecule has 0 bridgehead atoms. The molecule has 0 radical (unpaired) electrons. The molecule has 2 amide bonds. The Kier molecular flexibility index (Phi) is 6.17.